The first kappa shape index (κ1) is 22.4. The van der Waals surface area contributed by atoms with Crippen LogP contribution in [0.4, 0.5) is 0 Å². The molecule has 0 saturated carbocycles. The van der Waals surface area contributed by atoms with Crippen LogP contribution < -0.4 is 14.8 Å². The summed E-state index contributed by atoms with van der Waals surface area (Å²) in [7, 11) is 1.57. The molecule has 0 fully saturated rings. The minimum Gasteiger partial charge on any atom is -0.493 e. The maximum atomic E-state index is 12.3. The molecule has 1 atom stereocenters. The highest BCUT2D eigenvalue weighted by molar-refractivity contribution is 6.31. The molecule has 0 aliphatic carbocycles. The molecule has 1 unspecified atom stereocenters. The minimum atomic E-state index is -0.217. The number of hydrogen-bond donors (Lipinski definition) is 1. The van der Waals surface area contributed by atoms with Crippen LogP contribution in [0.1, 0.15) is 41.1 Å². The van der Waals surface area contributed by atoms with Crippen molar-refractivity contribution >= 4 is 23.6 Å². The zero-order valence-corrected chi connectivity index (χ0v) is 18.7. The van der Waals surface area contributed by atoms with Crippen molar-refractivity contribution < 1.29 is 18.8 Å². The van der Waals surface area contributed by atoms with Gasteiger partial charge < -0.3 is 19.3 Å². The lowest BCUT2D eigenvalue weighted by atomic mass is 10.1. The van der Waals surface area contributed by atoms with Gasteiger partial charge in [0.1, 0.15) is 12.4 Å². The van der Waals surface area contributed by atoms with Crippen molar-refractivity contribution in [2.24, 2.45) is 0 Å². The molecule has 0 spiro atoms. The molecule has 0 aliphatic rings. The predicted octanol–water partition coefficient (Wildman–Crippen LogP) is 5.42. The summed E-state index contributed by atoms with van der Waals surface area (Å²) in [6.07, 6.45) is 3.20. The standard InChI is InChI=1S/C24H25ClN2O4/c1-15(19-7-5-6-8-21(19)25)26-24(28)12-10-18-9-11-22(23(13-18)29-4)30-14-20-16(2)27-31-17(20)3/h5-13,15H,14H2,1-4H3,(H,26,28)/b12-10+. The number of benzene rings is 2. The molecule has 7 heteroatoms. The third-order valence-corrected chi connectivity index (χ3v) is 5.24. The fourth-order valence-electron chi connectivity index (χ4n) is 3.10. The number of halogens is 1. The van der Waals surface area contributed by atoms with Gasteiger partial charge in [0, 0.05) is 11.1 Å². The maximum Gasteiger partial charge on any atom is 0.244 e. The maximum absolute atomic E-state index is 12.3. The van der Waals surface area contributed by atoms with Gasteiger partial charge in [0.2, 0.25) is 5.91 Å². The number of nitrogens with one attached hydrogen (secondary N) is 1. The third-order valence-electron chi connectivity index (χ3n) is 4.90. The van der Waals surface area contributed by atoms with E-state index in [-0.39, 0.29) is 11.9 Å². The number of carbonyl (C=O) groups is 1. The Morgan fingerprint density at radius 1 is 1.23 bits per heavy atom. The van der Waals surface area contributed by atoms with Crippen LogP contribution in [0.15, 0.2) is 53.1 Å². The van der Waals surface area contributed by atoms with Crippen molar-refractivity contribution in [2.75, 3.05) is 7.11 Å². The number of aromatic nitrogens is 1. The van der Waals surface area contributed by atoms with Gasteiger partial charge >= 0.3 is 0 Å². The third kappa shape index (κ3) is 5.67. The molecule has 0 saturated heterocycles. The van der Waals surface area contributed by atoms with Crippen LogP contribution in [-0.2, 0) is 11.4 Å². The second-order valence-corrected chi connectivity index (χ2v) is 7.49. The molecule has 3 rings (SSSR count). The van der Waals surface area contributed by atoms with Crippen molar-refractivity contribution in [3.8, 4) is 11.5 Å². The Morgan fingerprint density at radius 3 is 2.68 bits per heavy atom. The fraction of sp³-hybridized carbons (Fsp3) is 0.250. The fourth-order valence-corrected chi connectivity index (χ4v) is 3.40. The van der Waals surface area contributed by atoms with Gasteiger partial charge in [-0.15, -0.1) is 0 Å². The van der Waals surface area contributed by atoms with Crippen LogP contribution in [0.3, 0.4) is 0 Å². The summed E-state index contributed by atoms with van der Waals surface area (Å²) in [5, 5.41) is 7.46. The van der Waals surface area contributed by atoms with E-state index >= 15 is 0 Å². The summed E-state index contributed by atoms with van der Waals surface area (Å²) < 4.78 is 16.5. The normalized spacial score (nSPS) is 12.0. The van der Waals surface area contributed by atoms with Crippen molar-refractivity contribution in [3.05, 3.63) is 81.7 Å². The highest BCUT2D eigenvalue weighted by Gasteiger charge is 2.13. The summed E-state index contributed by atoms with van der Waals surface area (Å²) in [6, 6.07) is 12.7. The van der Waals surface area contributed by atoms with E-state index in [2.05, 4.69) is 10.5 Å². The molecule has 0 radical (unpaired) electrons. The van der Waals surface area contributed by atoms with E-state index in [0.29, 0.717) is 23.1 Å². The molecular weight excluding hydrogens is 416 g/mol. The number of rotatable bonds is 8. The lowest BCUT2D eigenvalue weighted by molar-refractivity contribution is -0.117. The topological polar surface area (TPSA) is 73.6 Å². The smallest absolute Gasteiger partial charge is 0.244 e. The quantitative estimate of drug-likeness (QED) is 0.473. The summed E-state index contributed by atoms with van der Waals surface area (Å²) in [4.78, 5) is 12.3. The second kappa shape index (κ2) is 10.2. The molecule has 1 N–H and O–H groups in total. The van der Waals surface area contributed by atoms with Crippen LogP contribution in [0.25, 0.3) is 6.08 Å². The molecular formula is C24H25ClN2O4. The highest BCUT2D eigenvalue weighted by Crippen LogP contribution is 2.30. The summed E-state index contributed by atoms with van der Waals surface area (Å²) in [5.41, 5.74) is 3.39. The monoisotopic (exact) mass is 440 g/mol. The average Bonchev–Trinajstić information content (AvgIpc) is 3.08. The number of aryl methyl sites for hydroxylation is 2. The molecule has 31 heavy (non-hydrogen) atoms. The van der Waals surface area contributed by atoms with E-state index in [4.69, 9.17) is 25.6 Å². The SMILES string of the molecule is COc1cc(/C=C/C(=O)NC(C)c2ccccc2Cl)ccc1OCc1c(C)noc1C. The molecule has 2 aromatic carbocycles. The van der Waals surface area contributed by atoms with Gasteiger partial charge in [0.15, 0.2) is 11.5 Å². The number of carbonyl (C=O) groups excluding carboxylic acids is 1. The van der Waals surface area contributed by atoms with Gasteiger partial charge in [-0.2, -0.15) is 0 Å². The molecule has 0 bridgehead atoms. The summed E-state index contributed by atoms with van der Waals surface area (Å²) >= 11 is 6.20. The molecule has 1 amide bonds. The van der Waals surface area contributed by atoms with E-state index in [1.165, 1.54) is 6.08 Å². The Hall–Kier alpha value is -3.25. The predicted molar refractivity (Wildman–Crippen MR) is 120 cm³/mol. The van der Waals surface area contributed by atoms with Gasteiger partial charge in [-0.1, -0.05) is 41.0 Å². The molecule has 6 nitrogen and oxygen atoms in total. The first-order valence-electron chi connectivity index (χ1n) is 9.84. The summed E-state index contributed by atoms with van der Waals surface area (Å²) in [5.74, 6) is 1.67. The van der Waals surface area contributed by atoms with Gasteiger partial charge in [-0.25, -0.2) is 0 Å². The van der Waals surface area contributed by atoms with Crippen molar-refractivity contribution in [1.29, 1.82) is 0 Å². The van der Waals surface area contributed by atoms with Crippen molar-refractivity contribution in [2.45, 2.75) is 33.4 Å². The van der Waals surface area contributed by atoms with Gasteiger partial charge in [-0.3, -0.25) is 4.79 Å². The number of nitrogens with zero attached hydrogens (tertiary/aromatic N) is 1. The Labute approximate surface area is 186 Å². The molecule has 0 aliphatic heterocycles. The Morgan fingerprint density at radius 2 is 2.00 bits per heavy atom. The largest absolute Gasteiger partial charge is 0.493 e. The van der Waals surface area contributed by atoms with Gasteiger partial charge in [0.05, 0.1) is 24.4 Å². The van der Waals surface area contributed by atoms with Crippen LogP contribution in [0, 0.1) is 13.8 Å². The summed E-state index contributed by atoms with van der Waals surface area (Å²) in [6.45, 7) is 5.94. The minimum absolute atomic E-state index is 0.208. The number of methoxy groups -OCH3 is 1. The van der Waals surface area contributed by atoms with Crippen molar-refractivity contribution in [3.63, 3.8) is 0 Å². The van der Waals surface area contributed by atoms with Crippen LogP contribution in [0.2, 0.25) is 5.02 Å². The van der Waals surface area contributed by atoms with E-state index in [0.717, 1.165) is 28.1 Å². The zero-order chi connectivity index (χ0) is 22.4. The van der Waals surface area contributed by atoms with E-state index in [1.807, 2.05) is 51.1 Å². The van der Waals surface area contributed by atoms with E-state index in [1.54, 1.807) is 25.3 Å². The lowest BCUT2D eigenvalue weighted by Gasteiger charge is -2.14. The Bertz CT molecular complexity index is 1070. The first-order chi connectivity index (χ1) is 14.9. The van der Waals surface area contributed by atoms with Crippen LogP contribution in [0.5, 0.6) is 11.5 Å². The van der Waals surface area contributed by atoms with E-state index < -0.39 is 0 Å². The van der Waals surface area contributed by atoms with Crippen LogP contribution >= 0.6 is 11.6 Å². The Balaban J connectivity index is 1.64. The number of ether oxygens (including phenoxy) is 2. The first-order valence-corrected chi connectivity index (χ1v) is 10.2. The molecule has 3 aromatic rings. The van der Waals surface area contributed by atoms with Crippen molar-refractivity contribution in [1.82, 2.24) is 10.5 Å². The number of amides is 1. The number of hydrogen-bond acceptors (Lipinski definition) is 5. The average molecular weight is 441 g/mol. The molecule has 162 valence electrons. The zero-order valence-electron chi connectivity index (χ0n) is 17.9. The van der Waals surface area contributed by atoms with Gasteiger partial charge in [-0.05, 0) is 56.2 Å². The molecule has 1 heterocycles. The van der Waals surface area contributed by atoms with Crippen LogP contribution in [-0.4, -0.2) is 18.2 Å². The van der Waals surface area contributed by atoms with E-state index in [9.17, 15) is 4.79 Å². The second-order valence-electron chi connectivity index (χ2n) is 7.09. The van der Waals surface area contributed by atoms with Gasteiger partial charge in [0.25, 0.3) is 0 Å². The highest BCUT2D eigenvalue weighted by atomic mass is 35.5. The lowest BCUT2D eigenvalue weighted by Crippen LogP contribution is -2.24. The Kier molecular flexibility index (Phi) is 7.36. The molecule has 1 aromatic heterocycles.